The second-order valence-electron chi connectivity index (χ2n) is 5.99. The van der Waals surface area contributed by atoms with Crippen LogP contribution in [0, 0.1) is 6.92 Å². The Labute approximate surface area is 158 Å². The zero-order chi connectivity index (χ0) is 18.1. The summed E-state index contributed by atoms with van der Waals surface area (Å²) in [4.78, 5) is 14.0. The number of nitrogens with zero attached hydrogens (tertiary/aromatic N) is 3. The van der Waals surface area contributed by atoms with Gasteiger partial charge in [0.25, 0.3) is 5.91 Å². The van der Waals surface area contributed by atoms with Crippen LogP contribution in [0.25, 0.3) is 16.7 Å². The maximum absolute atomic E-state index is 12.4. The van der Waals surface area contributed by atoms with Crippen LogP contribution in [0.5, 0.6) is 0 Å². The van der Waals surface area contributed by atoms with Gasteiger partial charge < -0.3 is 5.32 Å². The smallest absolute Gasteiger partial charge is 0.255 e. The summed E-state index contributed by atoms with van der Waals surface area (Å²) in [5, 5.41) is 11.9. The summed E-state index contributed by atoms with van der Waals surface area (Å²) in [6.07, 6.45) is 0. The van der Waals surface area contributed by atoms with Crippen molar-refractivity contribution in [1.29, 1.82) is 0 Å². The van der Waals surface area contributed by atoms with E-state index in [1.54, 1.807) is 10.9 Å². The molecule has 6 heteroatoms. The van der Waals surface area contributed by atoms with E-state index < -0.39 is 0 Å². The molecule has 4 rings (SSSR count). The van der Waals surface area contributed by atoms with E-state index in [2.05, 4.69) is 31.4 Å². The van der Waals surface area contributed by atoms with Crippen molar-refractivity contribution in [2.45, 2.75) is 6.92 Å². The third-order valence-electron chi connectivity index (χ3n) is 3.98. The maximum Gasteiger partial charge on any atom is 0.255 e. The van der Waals surface area contributed by atoms with Crippen molar-refractivity contribution in [2.24, 2.45) is 0 Å². The number of hydrogen-bond acceptors (Lipinski definition) is 3. The molecule has 1 amide bonds. The lowest BCUT2D eigenvalue weighted by atomic mass is 10.1. The van der Waals surface area contributed by atoms with Crippen LogP contribution in [0.3, 0.4) is 0 Å². The van der Waals surface area contributed by atoms with Crippen LogP contribution >= 0.6 is 15.9 Å². The van der Waals surface area contributed by atoms with Crippen molar-refractivity contribution >= 4 is 38.6 Å². The Morgan fingerprint density at radius 1 is 0.962 bits per heavy atom. The average molecular weight is 407 g/mol. The number of carbonyl (C=O) groups is 1. The van der Waals surface area contributed by atoms with Gasteiger partial charge in [-0.05, 0) is 61.5 Å². The quantitative estimate of drug-likeness (QED) is 0.534. The Balaban J connectivity index is 1.61. The Kier molecular flexibility index (Phi) is 4.26. The Morgan fingerprint density at radius 2 is 1.73 bits per heavy atom. The summed E-state index contributed by atoms with van der Waals surface area (Å²) >= 11 is 3.42. The zero-order valence-corrected chi connectivity index (χ0v) is 15.6. The van der Waals surface area contributed by atoms with Crippen LogP contribution < -0.4 is 5.32 Å². The van der Waals surface area contributed by atoms with E-state index in [0.717, 1.165) is 26.8 Å². The standard InChI is InChI=1S/C20H15BrN4O/c1-13-3-2-4-14(11-13)20(26)22-16-7-10-18-19(12-16)24-25(23-18)17-8-5-15(21)6-9-17/h2-12H,1H3,(H,22,26). The first-order valence-corrected chi connectivity index (χ1v) is 8.89. The number of nitrogens with one attached hydrogen (secondary N) is 1. The van der Waals surface area contributed by atoms with Gasteiger partial charge in [0, 0.05) is 15.7 Å². The van der Waals surface area contributed by atoms with Crippen LogP contribution in [0.4, 0.5) is 5.69 Å². The van der Waals surface area contributed by atoms with Crippen molar-refractivity contribution in [3.05, 3.63) is 82.3 Å². The van der Waals surface area contributed by atoms with Gasteiger partial charge in [-0.1, -0.05) is 33.6 Å². The lowest BCUT2D eigenvalue weighted by Gasteiger charge is -2.05. The molecule has 1 aromatic heterocycles. The molecule has 0 aliphatic carbocycles. The Bertz CT molecular complexity index is 1100. The molecule has 26 heavy (non-hydrogen) atoms. The minimum atomic E-state index is -0.145. The van der Waals surface area contributed by atoms with Gasteiger partial charge in [0.2, 0.25) is 0 Å². The van der Waals surface area contributed by atoms with Gasteiger partial charge in [-0.15, -0.1) is 10.2 Å². The molecule has 0 bridgehead atoms. The molecule has 0 aliphatic rings. The first kappa shape index (κ1) is 16.5. The minimum Gasteiger partial charge on any atom is -0.322 e. The number of benzene rings is 3. The van der Waals surface area contributed by atoms with Crippen molar-refractivity contribution in [3.63, 3.8) is 0 Å². The third kappa shape index (κ3) is 3.36. The molecule has 128 valence electrons. The molecule has 0 aliphatic heterocycles. The SMILES string of the molecule is Cc1cccc(C(=O)Nc2ccc3nn(-c4ccc(Br)cc4)nc3c2)c1. The highest BCUT2D eigenvalue weighted by atomic mass is 79.9. The van der Waals surface area contributed by atoms with Crippen molar-refractivity contribution < 1.29 is 4.79 Å². The van der Waals surface area contributed by atoms with Gasteiger partial charge in [0.15, 0.2) is 0 Å². The second-order valence-corrected chi connectivity index (χ2v) is 6.91. The average Bonchev–Trinajstić information content (AvgIpc) is 3.05. The number of carbonyl (C=O) groups excluding carboxylic acids is 1. The van der Waals surface area contributed by atoms with Gasteiger partial charge >= 0.3 is 0 Å². The molecule has 0 saturated heterocycles. The molecule has 3 aromatic carbocycles. The highest BCUT2D eigenvalue weighted by Gasteiger charge is 2.09. The summed E-state index contributed by atoms with van der Waals surface area (Å²) in [5.74, 6) is -0.145. The molecule has 0 unspecified atom stereocenters. The van der Waals surface area contributed by atoms with Crippen molar-refractivity contribution in [1.82, 2.24) is 15.0 Å². The topological polar surface area (TPSA) is 59.8 Å². The van der Waals surface area contributed by atoms with Crippen molar-refractivity contribution in [2.75, 3.05) is 5.32 Å². The monoisotopic (exact) mass is 406 g/mol. The van der Waals surface area contributed by atoms with Crippen LogP contribution in [0.2, 0.25) is 0 Å². The van der Waals surface area contributed by atoms with Crippen LogP contribution in [0.1, 0.15) is 15.9 Å². The summed E-state index contributed by atoms with van der Waals surface area (Å²) in [5.41, 5.74) is 4.71. The Morgan fingerprint density at radius 3 is 2.50 bits per heavy atom. The molecule has 0 atom stereocenters. The third-order valence-corrected chi connectivity index (χ3v) is 4.50. The fourth-order valence-electron chi connectivity index (χ4n) is 2.67. The van der Waals surface area contributed by atoms with Crippen LogP contribution in [-0.4, -0.2) is 20.9 Å². The van der Waals surface area contributed by atoms with E-state index in [1.807, 2.05) is 67.6 Å². The van der Waals surface area contributed by atoms with Gasteiger partial charge in [0.1, 0.15) is 11.0 Å². The summed E-state index contributed by atoms with van der Waals surface area (Å²) in [7, 11) is 0. The number of amides is 1. The Hall–Kier alpha value is -2.99. The fraction of sp³-hybridized carbons (Fsp3) is 0.0500. The molecule has 0 radical (unpaired) electrons. The van der Waals surface area contributed by atoms with Crippen LogP contribution in [-0.2, 0) is 0 Å². The molecule has 1 N–H and O–H groups in total. The van der Waals surface area contributed by atoms with E-state index >= 15 is 0 Å². The summed E-state index contributed by atoms with van der Waals surface area (Å²) < 4.78 is 0.999. The molecule has 0 spiro atoms. The second kappa shape index (κ2) is 6.72. The molecule has 1 heterocycles. The van der Waals surface area contributed by atoms with E-state index in [0.29, 0.717) is 11.3 Å². The minimum absolute atomic E-state index is 0.145. The molecule has 4 aromatic rings. The van der Waals surface area contributed by atoms with E-state index in [1.165, 1.54) is 0 Å². The normalized spacial score (nSPS) is 10.8. The highest BCUT2D eigenvalue weighted by molar-refractivity contribution is 9.10. The highest BCUT2D eigenvalue weighted by Crippen LogP contribution is 2.19. The van der Waals surface area contributed by atoms with E-state index in [9.17, 15) is 4.79 Å². The van der Waals surface area contributed by atoms with Gasteiger partial charge in [-0.3, -0.25) is 4.79 Å². The number of hydrogen-bond donors (Lipinski definition) is 1. The van der Waals surface area contributed by atoms with Gasteiger partial charge in [-0.25, -0.2) is 0 Å². The molecular formula is C20H15BrN4O. The number of halogens is 1. The predicted octanol–water partition coefficient (Wildman–Crippen LogP) is 4.74. The largest absolute Gasteiger partial charge is 0.322 e. The number of rotatable bonds is 3. The van der Waals surface area contributed by atoms with Crippen molar-refractivity contribution in [3.8, 4) is 5.69 Å². The first-order chi connectivity index (χ1) is 12.6. The van der Waals surface area contributed by atoms with E-state index in [4.69, 9.17) is 0 Å². The van der Waals surface area contributed by atoms with E-state index in [-0.39, 0.29) is 5.91 Å². The number of aryl methyl sites for hydroxylation is 1. The fourth-order valence-corrected chi connectivity index (χ4v) is 2.94. The first-order valence-electron chi connectivity index (χ1n) is 8.09. The number of fused-ring (bicyclic) bond motifs is 1. The number of anilines is 1. The van der Waals surface area contributed by atoms with Gasteiger partial charge in [0.05, 0.1) is 5.69 Å². The number of aromatic nitrogens is 3. The molecular weight excluding hydrogens is 392 g/mol. The maximum atomic E-state index is 12.4. The molecule has 0 fully saturated rings. The lowest BCUT2D eigenvalue weighted by Crippen LogP contribution is -2.11. The summed E-state index contributed by atoms with van der Waals surface area (Å²) in [6, 6.07) is 20.7. The molecule has 5 nitrogen and oxygen atoms in total. The van der Waals surface area contributed by atoms with Gasteiger partial charge in [-0.2, -0.15) is 4.80 Å². The van der Waals surface area contributed by atoms with Crippen LogP contribution in [0.15, 0.2) is 71.2 Å². The summed E-state index contributed by atoms with van der Waals surface area (Å²) in [6.45, 7) is 1.96. The molecule has 0 saturated carbocycles. The predicted molar refractivity (Wildman–Crippen MR) is 106 cm³/mol. The zero-order valence-electron chi connectivity index (χ0n) is 14.0. The lowest BCUT2D eigenvalue weighted by molar-refractivity contribution is 0.102.